The van der Waals surface area contributed by atoms with Crippen molar-refractivity contribution in [3.63, 3.8) is 0 Å². The highest BCUT2D eigenvalue weighted by atomic mass is 15.1. The van der Waals surface area contributed by atoms with Gasteiger partial charge >= 0.3 is 0 Å². The zero-order chi connectivity index (χ0) is 11.0. The van der Waals surface area contributed by atoms with Crippen molar-refractivity contribution in [1.29, 1.82) is 5.26 Å². The molecule has 0 aromatic rings. The van der Waals surface area contributed by atoms with Gasteiger partial charge in [0.15, 0.2) is 0 Å². The molecule has 2 heteroatoms. The van der Waals surface area contributed by atoms with Crippen LogP contribution in [0.2, 0.25) is 0 Å². The van der Waals surface area contributed by atoms with Gasteiger partial charge in [-0.15, -0.1) is 0 Å². The first-order chi connectivity index (χ1) is 6.59. The van der Waals surface area contributed by atoms with Crippen molar-refractivity contribution in [1.82, 2.24) is 4.90 Å². The van der Waals surface area contributed by atoms with E-state index in [-0.39, 0.29) is 0 Å². The molecular formula is C12H22N2. The second-order valence-electron chi connectivity index (χ2n) is 4.07. The fourth-order valence-corrected chi connectivity index (χ4v) is 1.44. The molecule has 0 saturated carbocycles. The number of allylic oxidation sites excluding steroid dienone is 1. The molecule has 14 heavy (non-hydrogen) atoms. The summed E-state index contributed by atoms with van der Waals surface area (Å²) in [5.74, 6) is 0. The standard InChI is InChI=1S/C12H22N2/c1-11(2)14(12(3)4)10-8-6-5-7-9-13/h8,10-12H,5-7H2,1-4H3. The number of hydrogen-bond donors (Lipinski definition) is 0. The maximum absolute atomic E-state index is 8.37. The SMILES string of the molecule is CC(C)N(C=CCCCC#N)C(C)C. The van der Waals surface area contributed by atoms with Crippen molar-refractivity contribution in [3.8, 4) is 6.07 Å². The molecule has 0 bridgehead atoms. The first kappa shape index (κ1) is 13.0. The van der Waals surface area contributed by atoms with Crippen molar-refractivity contribution in [3.05, 3.63) is 12.3 Å². The average Bonchev–Trinajstić information content (AvgIpc) is 2.09. The lowest BCUT2D eigenvalue weighted by molar-refractivity contribution is 0.255. The molecule has 0 aliphatic rings. The van der Waals surface area contributed by atoms with Gasteiger partial charge < -0.3 is 4.90 Å². The van der Waals surface area contributed by atoms with E-state index in [2.05, 4.69) is 50.9 Å². The third-order valence-corrected chi connectivity index (χ3v) is 2.13. The Morgan fingerprint density at radius 2 is 1.79 bits per heavy atom. The van der Waals surface area contributed by atoms with Crippen LogP contribution in [0.15, 0.2) is 12.3 Å². The minimum absolute atomic E-state index is 0.544. The first-order valence-electron chi connectivity index (χ1n) is 5.40. The molecule has 0 fully saturated rings. The minimum atomic E-state index is 0.544. The van der Waals surface area contributed by atoms with Gasteiger partial charge in [-0.2, -0.15) is 5.26 Å². The number of nitriles is 1. The van der Waals surface area contributed by atoms with Crippen LogP contribution in [-0.4, -0.2) is 17.0 Å². The van der Waals surface area contributed by atoms with E-state index >= 15 is 0 Å². The third-order valence-electron chi connectivity index (χ3n) is 2.13. The lowest BCUT2D eigenvalue weighted by Crippen LogP contribution is -2.31. The van der Waals surface area contributed by atoms with Crippen LogP contribution in [-0.2, 0) is 0 Å². The molecule has 0 heterocycles. The highest BCUT2D eigenvalue weighted by molar-refractivity contribution is 4.87. The normalized spacial score (nSPS) is 11.2. The van der Waals surface area contributed by atoms with Crippen LogP contribution in [0.3, 0.4) is 0 Å². The van der Waals surface area contributed by atoms with Gasteiger partial charge in [-0.3, -0.25) is 0 Å². The topological polar surface area (TPSA) is 27.0 Å². The van der Waals surface area contributed by atoms with E-state index in [0.717, 1.165) is 12.8 Å². The molecule has 2 nitrogen and oxygen atoms in total. The first-order valence-corrected chi connectivity index (χ1v) is 5.40. The van der Waals surface area contributed by atoms with Gasteiger partial charge in [0.25, 0.3) is 0 Å². The third kappa shape index (κ3) is 5.64. The summed E-state index contributed by atoms with van der Waals surface area (Å²) in [6, 6.07) is 3.24. The maximum Gasteiger partial charge on any atom is 0.0621 e. The molecule has 0 saturated heterocycles. The van der Waals surface area contributed by atoms with Crippen LogP contribution >= 0.6 is 0 Å². The van der Waals surface area contributed by atoms with E-state index in [4.69, 9.17) is 5.26 Å². The second-order valence-corrected chi connectivity index (χ2v) is 4.07. The van der Waals surface area contributed by atoms with Gasteiger partial charge in [0.2, 0.25) is 0 Å². The molecule has 0 rings (SSSR count). The van der Waals surface area contributed by atoms with Crippen LogP contribution in [0, 0.1) is 11.3 Å². The lowest BCUT2D eigenvalue weighted by Gasteiger charge is -2.29. The molecule has 0 radical (unpaired) electrons. The Kier molecular flexibility index (Phi) is 6.92. The summed E-state index contributed by atoms with van der Waals surface area (Å²) in [6.07, 6.45) is 6.96. The van der Waals surface area contributed by atoms with Crippen LogP contribution in [0.25, 0.3) is 0 Å². The summed E-state index contributed by atoms with van der Waals surface area (Å²) < 4.78 is 0. The molecule has 80 valence electrons. The molecule has 0 amide bonds. The highest BCUT2D eigenvalue weighted by Crippen LogP contribution is 2.06. The molecular weight excluding hydrogens is 172 g/mol. The van der Waals surface area contributed by atoms with Gasteiger partial charge in [-0.25, -0.2) is 0 Å². The van der Waals surface area contributed by atoms with E-state index in [0.29, 0.717) is 18.5 Å². The van der Waals surface area contributed by atoms with Gasteiger partial charge in [-0.05, 0) is 46.7 Å². The van der Waals surface area contributed by atoms with Crippen LogP contribution in [0.5, 0.6) is 0 Å². The van der Waals surface area contributed by atoms with Gasteiger partial charge in [0.05, 0.1) is 6.07 Å². The van der Waals surface area contributed by atoms with Gasteiger partial charge in [0.1, 0.15) is 0 Å². The zero-order valence-electron chi connectivity index (χ0n) is 9.83. The van der Waals surface area contributed by atoms with E-state index in [1.807, 2.05) is 0 Å². The highest BCUT2D eigenvalue weighted by Gasteiger charge is 2.06. The molecule has 0 N–H and O–H groups in total. The minimum Gasteiger partial charge on any atom is -0.373 e. The Hall–Kier alpha value is -0.970. The predicted molar refractivity (Wildman–Crippen MR) is 60.7 cm³/mol. The lowest BCUT2D eigenvalue weighted by atomic mass is 10.2. The Balaban J connectivity index is 3.86. The zero-order valence-corrected chi connectivity index (χ0v) is 9.83. The number of rotatable bonds is 6. The summed E-state index contributed by atoms with van der Waals surface area (Å²) in [5.41, 5.74) is 0. The summed E-state index contributed by atoms with van der Waals surface area (Å²) in [5, 5.41) is 8.37. The van der Waals surface area contributed by atoms with Crippen LogP contribution < -0.4 is 0 Å². The Labute approximate surface area is 88.2 Å². The molecule has 0 atom stereocenters. The van der Waals surface area contributed by atoms with Crippen molar-refractivity contribution in [2.75, 3.05) is 0 Å². The van der Waals surface area contributed by atoms with Crippen molar-refractivity contribution < 1.29 is 0 Å². The summed E-state index contributed by atoms with van der Waals surface area (Å²) in [4.78, 5) is 2.33. The second kappa shape index (κ2) is 7.44. The number of unbranched alkanes of at least 4 members (excludes halogenated alkanes) is 2. The number of nitrogens with zero attached hydrogens (tertiary/aromatic N) is 2. The Morgan fingerprint density at radius 3 is 2.21 bits per heavy atom. The Morgan fingerprint density at radius 1 is 1.21 bits per heavy atom. The smallest absolute Gasteiger partial charge is 0.0621 e. The average molecular weight is 194 g/mol. The monoisotopic (exact) mass is 194 g/mol. The Bertz CT molecular complexity index is 191. The van der Waals surface area contributed by atoms with E-state index in [9.17, 15) is 0 Å². The van der Waals surface area contributed by atoms with E-state index < -0.39 is 0 Å². The van der Waals surface area contributed by atoms with Crippen molar-refractivity contribution >= 4 is 0 Å². The largest absolute Gasteiger partial charge is 0.373 e. The molecule has 0 aromatic carbocycles. The number of hydrogen-bond acceptors (Lipinski definition) is 2. The van der Waals surface area contributed by atoms with Crippen LogP contribution in [0.4, 0.5) is 0 Å². The predicted octanol–water partition coefficient (Wildman–Crippen LogP) is 3.31. The fourth-order valence-electron chi connectivity index (χ4n) is 1.44. The van der Waals surface area contributed by atoms with Crippen molar-refractivity contribution in [2.24, 2.45) is 0 Å². The molecule has 0 aliphatic carbocycles. The summed E-state index contributed by atoms with van der Waals surface area (Å²) in [7, 11) is 0. The molecule has 0 spiro atoms. The maximum atomic E-state index is 8.37. The van der Waals surface area contributed by atoms with Gasteiger partial charge in [-0.1, -0.05) is 6.08 Å². The van der Waals surface area contributed by atoms with Crippen molar-refractivity contribution in [2.45, 2.75) is 59.0 Å². The molecule has 0 unspecified atom stereocenters. The van der Waals surface area contributed by atoms with E-state index in [1.165, 1.54) is 0 Å². The van der Waals surface area contributed by atoms with Gasteiger partial charge in [0, 0.05) is 18.5 Å². The molecule has 0 aromatic heterocycles. The molecule has 0 aliphatic heterocycles. The fraction of sp³-hybridized carbons (Fsp3) is 0.750. The quantitative estimate of drug-likeness (QED) is 0.606. The van der Waals surface area contributed by atoms with Crippen LogP contribution in [0.1, 0.15) is 47.0 Å². The summed E-state index contributed by atoms with van der Waals surface area (Å²) >= 11 is 0. The van der Waals surface area contributed by atoms with E-state index in [1.54, 1.807) is 0 Å². The summed E-state index contributed by atoms with van der Waals surface area (Å²) in [6.45, 7) is 8.78.